The third-order valence-corrected chi connectivity index (χ3v) is 14.3. The highest BCUT2D eigenvalue weighted by Gasteiger charge is 2.45. The van der Waals surface area contributed by atoms with Crippen LogP contribution >= 0.6 is 11.6 Å². The number of phenols is 1. The predicted octanol–water partition coefficient (Wildman–Crippen LogP) is 7.12. The zero-order valence-corrected chi connectivity index (χ0v) is 41.5. The van der Waals surface area contributed by atoms with E-state index in [4.69, 9.17) is 16.3 Å². The van der Waals surface area contributed by atoms with Gasteiger partial charge in [-0.2, -0.15) is 0 Å². The first-order chi connectivity index (χ1) is 35.4. The van der Waals surface area contributed by atoms with E-state index in [2.05, 4.69) is 31.5 Å². The molecule has 2 saturated heterocycles. The van der Waals surface area contributed by atoms with E-state index < -0.39 is 29.7 Å². The Bertz CT molecular complexity index is 3100. The second-order valence-corrected chi connectivity index (χ2v) is 19.2. The van der Waals surface area contributed by atoms with Gasteiger partial charge < -0.3 is 29.9 Å². The number of piperidine rings is 1. The number of halogens is 1. The lowest BCUT2D eigenvalue weighted by Crippen LogP contribution is -2.54. The summed E-state index contributed by atoms with van der Waals surface area (Å²) in [6, 6.07) is 20.8. The number of hydrogen-bond donors (Lipinski definition) is 4. The van der Waals surface area contributed by atoms with E-state index in [1.165, 1.54) is 6.07 Å². The number of allylic oxidation sites excluding steroid dienone is 1. The number of amides is 6. The lowest BCUT2D eigenvalue weighted by Gasteiger charge is -2.36. The van der Waals surface area contributed by atoms with Gasteiger partial charge in [0.25, 0.3) is 11.8 Å². The van der Waals surface area contributed by atoms with Crippen molar-refractivity contribution in [3.63, 3.8) is 0 Å². The standard InChI is InChI=1S/C55H59ClN8O9/c1-2-73-47-32-46(65)36(30-37(47)33-60-25-11-14-39(34-60)63-44-18-8-7-16-42(44)58-55(63)72)13-9-12-35-21-22-38(31-41(35)56)61-26-28-62(29-27-61)50(68)20-6-4-3-5-19-48(66)57-43-17-10-15-40-51(43)54(71)64(53(40)70)45-23-24-49(67)59-52(45)69/h7-10,12,14-18,21-22,30-32,45,65H,2-6,11,13,19-20,23-29,33-34H2,1H3,(H,57,66)(H,58,72)(H,59,67,69)/b12-9+. The number of H-pyrrole nitrogens is 1. The number of benzene rings is 4. The molecule has 17 nitrogen and oxygen atoms in total. The average molecular weight is 1010 g/mol. The number of unbranched alkanes of at least 4 members (excludes halogenated alkanes) is 3. The summed E-state index contributed by atoms with van der Waals surface area (Å²) in [6.45, 7) is 6.87. The first kappa shape index (κ1) is 50.4. The molecule has 4 aliphatic heterocycles. The summed E-state index contributed by atoms with van der Waals surface area (Å²) in [5, 5.41) is 16.6. The minimum Gasteiger partial charge on any atom is -0.508 e. The van der Waals surface area contributed by atoms with E-state index in [1.807, 2.05) is 72.5 Å². The van der Waals surface area contributed by atoms with Crippen molar-refractivity contribution in [1.29, 1.82) is 0 Å². The van der Waals surface area contributed by atoms with Gasteiger partial charge in [0.2, 0.25) is 23.6 Å². The number of aromatic nitrogens is 2. The lowest BCUT2D eigenvalue weighted by molar-refractivity contribution is -0.136. The van der Waals surface area contributed by atoms with E-state index in [0.29, 0.717) is 82.3 Å². The van der Waals surface area contributed by atoms with Crippen molar-refractivity contribution in [1.82, 2.24) is 29.6 Å². The number of nitrogens with one attached hydrogen (secondary N) is 3. The highest BCUT2D eigenvalue weighted by molar-refractivity contribution is 6.32. The van der Waals surface area contributed by atoms with Crippen LogP contribution in [0.2, 0.25) is 5.02 Å². The van der Waals surface area contributed by atoms with Crippen LogP contribution in [0.25, 0.3) is 22.8 Å². The summed E-state index contributed by atoms with van der Waals surface area (Å²) in [5.41, 5.74) is 6.28. The summed E-state index contributed by atoms with van der Waals surface area (Å²) < 4.78 is 7.73. The SMILES string of the molecule is CCOc1cc(O)c(C/C=C/c2ccc(N3CCN(C(=O)CCCCCCC(=O)Nc4cccc5c4C(=O)N(C4CCC(=O)NC4=O)C5=O)CC3)cc2Cl)cc1CN1CCC=C(n2c(=O)[nH]c3ccccc32)C1. The van der Waals surface area contributed by atoms with Crippen LogP contribution in [-0.2, 0) is 32.1 Å². The van der Waals surface area contributed by atoms with Crippen molar-refractivity contribution >= 4 is 81.2 Å². The second-order valence-electron chi connectivity index (χ2n) is 18.8. The van der Waals surface area contributed by atoms with Crippen LogP contribution in [-0.4, -0.2) is 117 Å². The van der Waals surface area contributed by atoms with Crippen LogP contribution in [0, 0.1) is 0 Å². The van der Waals surface area contributed by atoms with E-state index in [9.17, 15) is 38.7 Å². The molecular weight excluding hydrogens is 952 g/mol. The summed E-state index contributed by atoms with van der Waals surface area (Å²) in [5.74, 6) is -1.91. The third kappa shape index (κ3) is 11.3. The number of fused-ring (bicyclic) bond motifs is 2. The molecule has 4 aromatic carbocycles. The van der Waals surface area contributed by atoms with Gasteiger partial charge in [-0.1, -0.05) is 66.9 Å². The number of anilines is 2. The zero-order valence-electron chi connectivity index (χ0n) is 40.8. The van der Waals surface area contributed by atoms with Crippen LogP contribution in [0.4, 0.5) is 11.4 Å². The quantitative estimate of drug-likeness (QED) is 0.0514. The maximum absolute atomic E-state index is 13.4. The van der Waals surface area contributed by atoms with Crippen molar-refractivity contribution < 1.29 is 38.6 Å². The van der Waals surface area contributed by atoms with Crippen LogP contribution in [0.15, 0.2) is 89.7 Å². The molecule has 18 heteroatoms. The molecule has 0 aliphatic carbocycles. The molecule has 0 saturated carbocycles. The van der Waals surface area contributed by atoms with Crippen molar-refractivity contribution in [2.75, 3.05) is 56.1 Å². The number of para-hydroxylation sites is 2. The number of piperazine rings is 1. The topological polar surface area (TPSA) is 207 Å². The largest absolute Gasteiger partial charge is 0.508 e. The molecule has 0 bridgehead atoms. The van der Waals surface area contributed by atoms with Gasteiger partial charge in [-0.25, -0.2) is 4.79 Å². The number of carbonyl (C=O) groups is 6. The van der Waals surface area contributed by atoms with Gasteiger partial charge in [0.1, 0.15) is 17.5 Å². The minimum absolute atomic E-state index is 0.0129. The Morgan fingerprint density at radius 3 is 2.45 bits per heavy atom. The Morgan fingerprint density at radius 1 is 0.877 bits per heavy atom. The number of rotatable bonds is 18. The molecule has 73 heavy (non-hydrogen) atoms. The van der Waals surface area contributed by atoms with Gasteiger partial charge in [0.15, 0.2) is 0 Å². The second kappa shape index (κ2) is 22.5. The minimum atomic E-state index is -1.10. The molecule has 5 heterocycles. The van der Waals surface area contributed by atoms with Gasteiger partial charge in [-0.15, -0.1) is 0 Å². The van der Waals surface area contributed by atoms with E-state index in [0.717, 1.165) is 69.8 Å². The molecule has 0 spiro atoms. The van der Waals surface area contributed by atoms with Gasteiger partial charge in [0.05, 0.1) is 34.5 Å². The van der Waals surface area contributed by atoms with Crippen molar-refractivity contribution in [2.24, 2.45) is 0 Å². The normalized spacial score (nSPS) is 17.4. The lowest BCUT2D eigenvalue weighted by atomic mass is 10.0. The Kier molecular flexibility index (Phi) is 15.6. The van der Waals surface area contributed by atoms with E-state index in [-0.39, 0.29) is 59.3 Å². The zero-order chi connectivity index (χ0) is 51.2. The highest BCUT2D eigenvalue weighted by atomic mass is 35.5. The molecule has 0 radical (unpaired) electrons. The van der Waals surface area contributed by atoms with Gasteiger partial charge in [-0.05, 0) is 92.6 Å². The molecule has 4 N–H and O–H groups in total. The fourth-order valence-electron chi connectivity index (χ4n) is 10.2. The first-order valence-electron chi connectivity index (χ1n) is 25.1. The number of imide groups is 2. The summed E-state index contributed by atoms with van der Waals surface area (Å²) >= 11 is 6.83. The van der Waals surface area contributed by atoms with Crippen LogP contribution < -0.4 is 26.0 Å². The maximum atomic E-state index is 13.4. The van der Waals surface area contributed by atoms with E-state index >= 15 is 0 Å². The summed E-state index contributed by atoms with van der Waals surface area (Å²) in [4.78, 5) is 99.8. The Labute approximate surface area is 427 Å². The molecule has 5 aromatic rings. The molecule has 9 rings (SSSR count). The molecule has 4 aliphatic rings. The molecule has 2 fully saturated rings. The molecule has 1 atom stereocenters. The van der Waals surface area contributed by atoms with Crippen LogP contribution in [0.1, 0.15) is 102 Å². The number of hydrogen-bond acceptors (Lipinski definition) is 11. The molecular formula is C55H59ClN8O9. The average Bonchev–Trinajstić information content (AvgIpc) is 3.85. The highest BCUT2D eigenvalue weighted by Crippen LogP contribution is 2.34. The van der Waals surface area contributed by atoms with Crippen LogP contribution in [0.3, 0.4) is 0 Å². The third-order valence-electron chi connectivity index (χ3n) is 13.9. The molecule has 1 unspecified atom stereocenters. The number of aromatic amines is 1. The van der Waals surface area contributed by atoms with Crippen LogP contribution in [0.5, 0.6) is 11.5 Å². The number of ether oxygens (including phenoxy) is 1. The molecule has 1 aromatic heterocycles. The smallest absolute Gasteiger partial charge is 0.330 e. The van der Waals surface area contributed by atoms with Gasteiger partial charge in [0, 0.05) is 93.1 Å². The number of phenolic OH excluding ortho intramolecular Hbond substituents is 1. The van der Waals surface area contributed by atoms with Crippen molar-refractivity contribution in [2.45, 2.75) is 83.7 Å². The van der Waals surface area contributed by atoms with Gasteiger partial charge >= 0.3 is 5.69 Å². The number of nitrogens with zero attached hydrogens (tertiary/aromatic N) is 5. The molecule has 380 valence electrons. The maximum Gasteiger partial charge on any atom is 0.330 e. The monoisotopic (exact) mass is 1010 g/mol. The Morgan fingerprint density at radius 2 is 1.67 bits per heavy atom. The molecule has 6 amide bonds. The number of carbonyl (C=O) groups excluding carboxylic acids is 6. The number of imidazole rings is 1. The van der Waals surface area contributed by atoms with Crippen molar-refractivity contribution in [3.05, 3.63) is 128 Å². The van der Waals surface area contributed by atoms with Crippen molar-refractivity contribution in [3.8, 4) is 11.5 Å². The van der Waals surface area contributed by atoms with E-state index in [1.54, 1.807) is 22.8 Å². The summed E-state index contributed by atoms with van der Waals surface area (Å²) in [7, 11) is 0. The summed E-state index contributed by atoms with van der Waals surface area (Å²) in [6.07, 6.45) is 10.8. The Balaban J connectivity index is 0.700. The predicted molar refractivity (Wildman–Crippen MR) is 278 cm³/mol. The Hall–Kier alpha value is -7.50. The van der Waals surface area contributed by atoms with Gasteiger partial charge in [-0.3, -0.25) is 48.5 Å². The fourth-order valence-corrected chi connectivity index (χ4v) is 10.4. The number of aromatic hydroxyl groups is 1. The fraction of sp³-hybridized carbons (Fsp3) is 0.364. The first-order valence-corrected chi connectivity index (χ1v) is 25.5.